The van der Waals surface area contributed by atoms with Gasteiger partial charge in [-0.2, -0.15) is 0 Å². The molecule has 17 heavy (non-hydrogen) atoms. The molecule has 90 valence electrons. The normalized spacial score (nSPS) is 19.5. The summed E-state index contributed by atoms with van der Waals surface area (Å²) in [7, 11) is 1.76. The maximum Gasteiger partial charge on any atom is 0.269 e. The molecule has 0 aromatic carbocycles. The summed E-state index contributed by atoms with van der Waals surface area (Å²) in [6.45, 7) is 0.725. The van der Waals surface area contributed by atoms with Crippen LogP contribution in [0.4, 0.5) is 5.82 Å². The molecule has 0 spiro atoms. The highest BCUT2D eigenvalue weighted by atomic mass is 16.2. The van der Waals surface area contributed by atoms with Gasteiger partial charge in [-0.25, -0.2) is 0 Å². The molecular formula is C10H13N5O2. The summed E-state index contributed by atoms with van der Waals surface area (Å²) in [5.41, 5.74) is 5.15. The van der Waals surface area contributed by atoms with E-state index in [1.54, 1.807) is 18.0 Å². The van der Waals surface area contributed by atoms with E-state index in [4.69, 9.17) is 5.73 Å². The van der Waals surface area contributed by atoms with Gasteiger partial charge in [-0.15, -0.1) is 10.2 Å². The Morgan fingerprint density at radius 1 is 1.53 bits per heavy atom. The van der Waals surface area contributed by atoms with Gasteiger partial charge in [-0.05, 0) is 18.6 Å². The Morgan fingerprint density at radius 3 is 2.76 bits per heavy atom. The molecule has 2 amide bonds. The van der Waals surface area contributed by atoms with Crippen molar-refractivity contribution < 1.29 is 9.59 Å². The fraction of sp³-hybridized carbons (Fsp3) is 0.400. The van der Waals surface area contributed by atoms with Gasteiger partial charge in [0.2, 0.25) is 5.91 Å². The number of rotatable bonds is 3. The number of anilines is 1. The summed E-state index contributed by atoms with van der Waals surface area (Å²) in [5, 5.41) is 10.4. The number of nitrogens with two attached hydrogens (primary N) is 1. The quantitative estimate of drug-likeness (QED) is 0.715. The lowest BCUT2D eigenvalue weighted by atomic mass is 10.2. The van der Waals surface area contributed by atoms with Gasteiger partial charge in [-0.3, -0.25) is 9.59 Å². The molecule has 0 bridgehead atoms. The first-order valence-corrected chi connectivity index (χ1v) is 5.23. The number of likely N-dealkylation sites (N-methyl/N-ethyl adjacent to an activating group) is 1. The second-order valence-corrected chi connectivity index (χ2v) is 3.91. The number of likely N-dealkylation sites (tertiary alicyclic amines) is 1. The average Bonchev–Trinajstić information content (AvgIpc) is 2.62. The van der Waals surface area contributed by atoms with Crippen molar-refractivity contribution in [2.75, 3.05) is 18.9 Å². The summed E-state index contributed by atoms with van der Waals surface area (Å²) in [6, 6.07) is 2.79. The van der Waals surface area contributed by atoms with E-state index in [0.29, 0.717) is 5.82 Å². The minimum Gasteiger partial charge on any atom is -0.364 e. The highest BCUT2D eigenvalue weighted by Gasteiger charge is 2.29. The smallest absolute Gasteiger partial charge is 0.269 e. The Bertz CT molecular complexity index is 445. The maximum atomic E-state index is 11.6. The summed E-state index contributed by atoms with van der Waals surface area (Å²) >= 11 is 0. The van der Waals surface area contributed by atoms with Crippen LogP contribution in [0.15, 0.2) is 12.1 Å². The third-order valence-corrected chi connectivity index (χ3v) is 2.67. The zero-order valence-electron chi connectivity index (χ0n) is 9.38. The second kappa shape index (κ2) is 4.36. The molecule has 1 saturated heterocycles. The van der Waals surface area contributed by atoms with Crippen molar-refractivity contribution in [3.63, 3.8) is 0 Å². The molecule has 1 fully saturated rings. The molecule has 0 aliphatic carbocycles. The first-order chi connectivity index (χ1) is 8.08. The van der Waals surface area contributed by atoms with Gasteiger partial charge in [0, 0.05) is 13.6 Å². The molecule has 1 atom stereocenters. The van der Waals surface area contributed by atoms with Gasteiger partial charge in [0.05, 0.1) is 0 Å². The Kier molecular flexibility index (Phi) is 2.90. The molecule has 7 heteroatoms. The minimum absolute atomic E-state index is 0.0331. The number of aromatic nitrogens is 2. The van der Waals surface area contributed by atoms with Crippen LogP contribution in [0.2, 0.25) is 0 Å². The zero-order valence-corrected chi connectivity index (χ0v) is 9.38. The third-order valence-electron chi connectivity index (χ3n) is 2.67. The predicted octanol–water partition coefficient (Wildman–Crippen LogP) is -0.782. The largest absolute Gasteiger partial charge is 0.364 e. The van der Waals surface area contributed by atoms with Crippen LogP contribution in [-0.2, 0) is 4.79 Å². The molecule has 1 aliphatic rings. The number of hydrogen-bond donors (Lipinski definition) is 2. The van der Waals surface area contributed by atoms with Crippen LogP contribution < -0.4 is 11.1 Å². The number of carbonyl (C=O) groups is 2. The molecule has 7 nitrogen and oxygen atoms in total. The van der Waals surface area contributed by atoms with Crippen LogP contribution in [0, 0.1) is 0 Å². The number of amides is 2. The molecule has 1 aromatic heterocycles. The Balaban J connectivity index is 2.04. The monoisotopic (exact) mass is 235 g/mol. The summed E-state index contributed by atoms with van der Waals surface area (Å²) < 4.78 is 0. The maximum absolute atomic E-state index is 11.6. The van der Waals surface area contributed by atoms with Crippen LogP contribution in [0.1, 0.15) is 16.9 Å². The molecule has 0 saturated carbocycles. The van der Waals surface area contributed by atoms with E-state index < -0.39 is 5.91 Å². The standard InChI is InChI=1S/C10H13N5O2/c1-15-5-4-7(10(15)17)12-8-3-2-6(9(11)16)13-14-8/h2-3,7H,4-5H2,1H3,(H2,11,16)(H,12,14). The van der Waals surface area contributed by atoms with Crippen LogP contribution in [-0.4, -0.2) is 46.5 Å². The fourth-order valence-corrected chi connectivity index (χ4v) is 1.68. The van der Waals surface area contributed by atoms with E-state index in [0.717, 1.165) is 13.0 Å². The van der Waals surface area contributed by atoms with Crippen molar-refractivity contribution in [3.05, 3.63) is 17.8 Å². The third kappa shape index (κ3) is 2.32. The molecule has 0 radical (unpaired) electrons. The number of hydrogen-bond acceptors (Lipinski definition) is 5. The van der Waals surface area contributed by atoms with E-state index in [2.05, 4.69) is 15.5 Å². The zero-order chi connectivity index (χ0) is 12.4. The highest BCUT2D eigenvalue weighted by Crippen LogP contribution is 2.13. The van der Waals surface area contributed by atoms with Crippen LogP contribution in [0.3, 0.4) is 0 Å². The number of primary amides is 1. The average molecular weight is 235 g/mol. The second-order valence-electron chi connectivity index (χ2n) is 3.91. The number of nitrogens with zero attached hydrogens (tertiary/aromatic N) is 3. The van der Waals surface area contributed by atoms with Crippen molar-refractivity contribution in [1.82, 2.24) is 15.1 Å². The van der Waals surface area contributed by atoms with Crippen molar-refractivity contribution in [1.29, 1.82) is 0 Å². The van der Waals surface area contributed by atoms with Crippen LogP contribution >= 0.6 is 0 Å². The lowest BCUT2D eigenvalue weighted by Crippen LogP contribution is -2.31. The minimum atomic E-state index is -0.624. The first-order valence-electron chi connectivity index (χ1n) is 5.23. The topological polar surface area (TPSA) is 101 Å². The fourth-order valence-electron chi connectivity index (χ4n) is 1.68. The summed E-state index contributed by atoms with van der Waals surface area (Å²) in [5.74, 6) is -0.129. The lowest BCUT2D eigenvalue weighted by molar-refractivity contribution is -0.127. The van der Waals surface area contributed by atoms with Crippen molar-refractivity contribution >= 4 is 17.6 Å². The van der Waals surface area contributed by atoms with E-state index in [9.17, 15) is 9.59 Å². The van der Waals surface area contributed by atoms with Gasteiger partial charge in [0.25, 0.3) is 5.91 Å². The van der Waals surface area contributed by atoms with Crippen LogP contribution in [0.25, 0.3) is 0 Å². The SMILES string of the molecule is CN1CCC(Nc2ccc(C(N)=O)nn2)C1=O. The van der Waals surface area contributed by atoms with Gasteiger partial charge in [0.1, 0.15) is 11.9 Å². The predicted molar refractivity (Wildman–Crippen MR) is 60.2 cm³/mol. The van der Waals surface area contributed by atoms with Gasteiger partial charge in [-0.1, -0.05) is 0 Å². The van der Waals surface area contributed by atoms with Gasteiger partial charge >= 0.3 is 0 Å². The summed E-state index contributed by atoms with van der Waals surface area (Å²) in [4.78, 5) is 24.1. The Morgan fingerprint density at radius 2 is 2.29 bits per heavy atom. The Labute approximate surface area is 98.0 Å². The van der Waals surface area contributed by atoms with Crippen molar-refractivity contribution in [2.45, 2.75) is 12.5 Å². The lowest BCUT2D eigenvalue weighted by Gasteiger charge is -2.12. The molecule has 3 N–H and O–H groups in total. The van der Waals surface area contributed by atoms with Crippen molar-refractivity contribution in [2.24, 2.45) is 5.73 Å². The molecule has 1 unspecified atom stereocenters. The molecule has 1 aliphatic heterocycles. The van der Waals surface area contributed by atoms with E-state index in [1.165, 1.54) is 6.07 Å². The Hall–Kier alpha value is -2.18. The summed E-state index contributed by atoms with van der Waals surface area (Å²) in [6.07, 6.45) is 0.731. The van der Waals surface area contributed by atoms with Gasteiger partial charge in [0.15, 0.2) is 5.69 Å². The number of carbonyl (C=O) groups excluding carboxylic acids is 2. The van der Waals surface area contributed by atoms with Gasteiger partial charge < -0.3 is 16.0 Å². The van der Waals surface area contributed by atoms with Crippen LogP contribution in [0.5, 0.6) is 0 Å². The molecule has 2 heterocycles. The molecule has 1 aromatic rings. The van der Waals surface area contributed by atoms with E-state index in [-0.39, 0.29) is 17.6 Å². The molecule has 2 rings (SSSR count). The molecular weight excluding hydrogens is 222 g/mol. The number of nitrogens with one attached hydrogen (secondary N) is 1. The van der Waals surface area contributed by atoms with E-state index >= 15 is 0 Å². The van der Waals surface area contributed by atoms with Crippen molar-refractivity contribution in [3.8, 4) is 0 Å². The first kappa shape index (κ1) is 11.3. The highest BCUT2D eigenvalue weighted by molar-refractivity contribution is 5.90. The van der Waals surface area contributed by atoms with E-state index in [1.807, 2.05) is 0 Å².